The highest BCUT2D eigenvalue weighted by Gasteiger charge is 2.42. The number of rotatable bonds is 5. The van der Waals surface area contributed by atoms with Crippen molar-refractivity contribution in [3.05, 3.63) is 120 Å². The molecule has 0 bridgehead atoms. The number of halogens is 1. The summed E-state index contributed by atoms with van der Waals surface area (Å²) in [6.45, 7) is 6.70. The normalized spacial score (nSPS) is 22.5. The molecule has 4 unspecified atom stereocenters. The van der Waals surface area contributed by atoms with Crippen molar-refractivity contribution in [3.63, 3.8) is 0 Å². The predicted molar refractivity (Wildman–Crippen MR) is 178 cm³/mol. The van der Waals surface area contributed by atoms with Crippen molar-refractivity contribution in [2.45, 2.75) is 32.4 Å². The summed E-state index contributed by atoms with van der Waals surface area (Å²) >= 11 is 13.1. The zero-order valence-corrected chi connectivity index (χ0v) is 25.4. The van der Waals surface area contributed by atoms with Crippen LogP contribution < -0.4 is 15.1 Å². The molecule has 7 heteroatoms. The van der Waals surface area contributed by atoms with Crippen molar-refractivity contribution in [3.8, 4) is 5.69 Å². The smallest absolute Gasteiger partial charge is 0.174 e. The minimum atomic E-state index is -0.147. The number of anilines is 2. The molecule has 2 fully saturated rings. The van der Waals surface area contributed by atoms with Gasteiger partial charge in [0.05, 0.1) is 22.4 Å². The van der Waals surface area contributed by atoms with Gasteiger partial charge in [0.25, 0.3) is 0 Å². The van der Waals surface area contributed by atoms with Crippen LogP contribution >= 0.6 is 23.8 Å². The van der Waals surface area contributed by atoms with Crippen molar-refractivity contribution in [2.75, 3.05) is 22.9 Å². The molecule has 3 aromatic carbocycles. The van der Waals surface area contributed by atoms with Gasteiger partial charge < -0.3 is 19.7 Å². The van der Waals surface area contributed by atoms with Crippen LogP contribution in [0.25, 0.3) is 16.5 Å². The fourth-order valence-electron chi connectivity index (χ4n) is 6.89. The number of thiocarbonyl (C=S) groups is 1. The van der Waals surface area contributed by atoms with Crippen LogP contribution in [0.2, 0.25) is 5.02 Å². The Morgan fingerprint density at radius 1 is 0.833 bits per heavy atom. The number of pyridine rings is 1. The molecule has 2 aliphatic heterocycles. The molecule has 4 atom stereocenters. The van der Waals surface area contributed by atoms with Crippen LogP contribution in [0.5, 0.6) is 0 Å². The van der Waals surface area contributed by atoms with Crippen molar-refractivity contribution >= 4 is 51.1 Å². The van der Waals surface area contributed by atoms with Crippen LogP contribution in [-0.2, 0) is 0 Å². The molecule has 0 amide bonds. The van der Waals surface area contributed by atoms with Gasteiger partial charge in [0.15, 0.2) is 5.11 Å². The highest BCUT2D eigenvalue weighted by molar-refractivity contribution is 7.80. The number of hydrogen-bond acceptors (Lipinski definition) is 3. The Labute approximate surface area is 257 Å². The number of nitrogens with one attached hydrogen (secondary N) is 1. The fourth-order valence-corrected chi connectivity index (χ4v) is 7.53. The Morgan fingerprint density at radius 2 is 1.60 bits per heavy atom. The monoisotopic (exact) mass is 591 g/mol. The van der Waals surface area contributed by atoms with E-state index < -0.39 is 0 Å². The lowest BCUT2D eigenvalue weighted by Gasteiger charge is -2.37. The molecule has 212 valence electrons. The topological polar surface area (TPSA) is 36.3 Å². The molecule has 0 radical (unpaired) electrons. The van der Waals surface area contributed by atoms with E-state index in [2.05, 4.69) is 119 Å². The fraction of sp³-hybridized carbons (Fsp3) is 0.257. The van der Waals surface area contributed by atoms with E-state index in [1.807, 2.05) is 18.3 Å². The molecule has 0 aliphatic carbocycles. The van der Waals surface area contributed by atoms with Gasteiger partial charge in [0.2, 0.25) is 0 Å². The predicted octanol–water partition coefficient (Wildman–Crippen LogP) is 8.34. The Hall–Kier alpha value is -3.87. The molecule has 5 nitrogen and oxygen atoms in total. The maximum absolute atomic E-state index is 7.04. The summed E-state index contributed by atoms with van der Waals surface area (Å²) in [4.78, 5) is 9.39. The molecule has 42 heavy (non-hydrogen) atoms. The molecule has 1 N–H and O–H groups in total. The number of fused-ring (bicyclic) bond motifs is 1. The number of hydrogen-bond donors (Lipinski definition) is 1. The third kappa shape index (κ3) is 4.93. The van der Waals surface area contributed by atoms with E-state index in [1.54, 1.807) is 0 Å². The van der Waals surface area contributed by atoms with Gasteiger partial charge in [-0.25, -0.2) is 0 Å². The summed E-state index contributed by atoms with van der Waals surface area (Å²) in [5.74, 6) is 1.29. The van der Waals surface area contributed by atoms with E-state index in [1.165, 1.54) is 17.2 Å². The lowest BCUT2D eigenvalue weighted by atomic mass is 9.91. The van der Waals surface area contributed by atoms with Crippen LogP contribution in [0, 0.1) is 11.8 Å². The lowest BCUT2D eigenvalue weighted by molar-refractivity contribution is 0.357. The Balaban J connectivity index is 1.31. The number of nitrogens with zero attached hydrogens (tertiary/aromatic N) is 4. The summed E-state index contributed by atoms with van der Waals surface area (Å²) in [7, 11) is 0. The van der Waals surface area contributed by atoms with Crippen molar-refractivity contribution in [1.82, 2.24) is 14.9 Å². The minimum Gasteiger partial charge on any atom is -0.370 e. The molecule has 0 saturated carbocycles. The van der Waals surface area contributed by atoms with E-state index in [4.69, 9.17) is 28.8 Å². The zero-order chi connectivity index (χ0) is 28.8. The van der Waals surface area contributed by atoms with Crippen LogP contribution in [0.1, 0.15) is 43.7 Å². The van der Waals surface area contributed by atoms with Gasteiger partial charge >= 0.3 is 0 Å². The van der Waals surface area contributed by atoms with E-state index >= 15 is 0 Å². The van der Waals surface area contributed by atoms with Crippen molar-refractivity contribution < 1.29 is 0 Å². The zero-order valence-electron chi connectivity index (χ0n) is 23.8. The SMILES string of the molecule is CC1CC(C)CN(c2ccc(N3C(=S)NC(c4ccccn4)C3c3cccn3-c3ccc4ccccc4c3)cc2Cl)C1. The molecule has 2 aromatic heterocycles. The highest BCUT2D eigenvalue weighted by atomic mass is 35.5. The number of piperidine rings is 1. The van der Waals surface area contributed by atoms with Gasteiger partial charge in [0, 0.05) is 42.6 Å². The van der Waals surface area contributed by atoms with E-state index in [-0.39, 0.29) is 12.1 Å². The molecule has 2 aliphatic rings. The maximum Gasteiger partial charge on any atom is 0.174 e. The van der Waals surface area contributed by atoms with E-state index in [0.29, 0.717) is 16.9 Å². The quantitative estimate of drug-likeness (QED) is 0.208. The van der Waals surface area contributed by atoms with Crippen LogP contribution in [-0.4, -0.2) is 27.8 Å². The summed E-state index contributed by atoms with van der Waals surface area (Å²) in [5, 5.41) is 7.44. The van der Waals surface area contributed by atoms with E-state index in [0.717, 1.165) is 46.6 Å². The minimum absolute atomic E-state index is 0.143. The Bertz CT molecular complexity index is 1740. The average molecular weight is 592 g/mol. The van der Waals surface area contributed by atoms with Crippen molar-refractivity contribution in [1.29, 1.82) is 0 Å². The molecular weight excluding hydrogens is 558 g/mol. The summed E-state index contributed by atoms with van der Waals surface area (Å²) in [6.07, 6.45) is 5.23. The van der Waals surface area contributed by atoms with Gasteiger partial charge in [-0.1, -0.05) is 61.8 Å². The summed E-state index contributed by atoms with van der Waals surface area (Å²) < 4.78 is 2.27. The third-order valence-electron chi connectivity index (χ3n) is 8.61. The molecule has 4 heterocycles. The number of benzene rings is 3. The van der Waals surface area contributed by atoms with Crippen LogP contribution in [0.4, 0.5) is 11.4 Å². The standard InChI is InChI=1S/C35H34ClN5S/c1-23-18-24(2)22-39(21-23)31-15-14-28(20-29(31)36)41-34(33(38-35(41)42)30-10-5-6-16-37-30)32-11-7-17-40(32)27-13-12-25-8-3-4-9-26(25)19-27/h3-17,19-20,23-24,33-34H,18,21-22H2,1-2H3,(H,38,42). The van der Waals surface area contributed by atoms with Gasteiger partial charge in [-0.3, -0.25) is 4.98 Å². The molecule has 0 spiro atoms. The largest absolute Gasteiger partial charge is 0.370 e. The average Bonchev–Trinajstić information content (AvgIpc) is 3.61. The summed E-state index contributed by atoms with van der Waals surface area (Å²) in [6, 6.07) is 31.5. The van der Waals surface area contributed by atoms with E-state index in [9.17, 15) is 0 Å². The van der Waals surface area contributed by atoms with Gasteiger partial charge in [-0.15, -0.1) is 0 Å². The maximum atomic E-state index is 7.04. The second-order valence-corrected chi connectivity index (χ2v) is 12.6. The second kappa shape index (κ2) is 11.1. The molecule has 7 rings (SSSR count). The first-order valence-electron chi connectivity index (χ1n) is 14.7. The first-order valence-corrected chi connectivity index (χ1v) is 15.5. The first-order chi connectivity index (χ1) is 20.5. The molecule has 2 saturated heterocycles. The molecule has 5 aromatic rings. The van der Waals surface area contributed by atoms with Crippen LogP contribution in [0.15, 0.2) is 103 Å². The Kier molecular flexibility index (Phi) is 7.12. The third-order valence-corrected chi connectivity index (χ3v) is 9.23. The lowest BCUT2D eigenvalue weighted by Crippen LogP contribution is -2.38. The summed E-state index contributed by atoms with van der Waals surface area (Å²) in [5.41, 5.74) is 5.22. The molecular formula is C35H34ClN5S. The Morgan fingerprint density at radius 3 is 2.36 bits per heavy atom. The van der Waals surface area contributed by atoms with Gasteiger partial charge in [-0.2, -0.15) is 0 Å². The first kappa shape index (κ1) is 27.0. The van der Waals surface area contributed by atoms with Gasteiger partial charge in [-0.05, 0) is 95.8 Å². The second-order valence-electron chi connectivity index (χ2n) is 11.8. The van der Waals surface area contributed by atoms with Gasteiger partial charge in [0.1, 0.15) is 6.04 Å². The number of aromatic nitrogens is 2. The van der Waals surface area contributed by atoms with Crippen LogP contribution in [0.3, 0.4) is 0 Å². The van der Waals surface area contributed by atoms with Crippen molar-refractivity contribution in [2.24, 2.45) is 11.8 Å². The highest BCUT2D eigenvalue weighted by Crippen LogP contribution is 2.44.